The Labute approximate surface area is 191 Å². The van der Waals surface area contributed by atoms with Gasteiger partial charge in [-0.25, -0.2) is 4.39 Å². The number of imide groups is 1. The summed E-state index contributed by atoms with van der Waals surface area (Å²) in [7, 11) is 0. The quantitative estimate of drug-likeness (QED) is 0.682. The first kappa shape index (κ1) is 21.8. The summed E-state index contributed by atoms with van der Waals surface area (Å²) in [6, 6.07) is 14.0. The number of carbonyl (C=O) groups excluding carboxylic acids is 2. The number of likely N-dealkylation sites (tertiary alicyclic amines) is 1. The summed E-state index contributed by atoms with van der Waals surface area (Å²) in [5, 5.41) is 13.7. The fourth-order valence-electron chi connectivity index (χ4n) is 6.03. The number of carboxylic acids is 1. The van der Waals surface area contributed by atoms with Crippen LogP contribution < -0.4 is 5.32 Å². The average molecular weight is 451 g/mol. The molecule has 0 aromatic heterocycles. The Kier molecular flexibility index (Phi) is 5.52. The lowest BCUT2D eigenvalue weighted by molar-refractivity contribution is -0.152. The molecule has 0 spiro atoms. The van der Waals surface area contributed by atoms with Crippen LogP contribution in [-0.4, -0.2) is 39.4 Å². The van der Waals surface area contributed by atoms with Gasteiger partial charge in [0.05, 0.1) is 11.8 Å². The Bertz CT molecular complexity index is 1070. The number of fused-ring (bicyclic) bond motifs is 1. The minimum atomic E-state index is -1.64. The fourth-order valence-corrected chi connectivity index (χ4v) is 6.03. The van der Waals surface area contributed by atoms with Gasteiger partial charge in [0.15, 0.2) is 0 Å². The van der Waals surface area contributed by atoms with E-state index in [4.69, 9.17) is 0 Å². The lowest BCUT2D eigenvalue weighted by atomic mass is 9.76. The number of amides is 2. The van der Waals surface area contributed by atoms with E-state index in [0.29, 0.717) is 5.56 Å². The molecule has 4 unspecified atom stereocenters. The zero-order chi connectivity index (χ0) is 23.2. The third-order valence-electron chi connectivity index (χ3n) is 7.56. The van der Waals surface area contributed by atoms with Crippen molar-refractivity contribution in [1.29, 1.82) is 0 Å². The number of hydrogen-bond donors (Lipinski definition) is 2. The van der Waals surface area contributed by atoms with Crippen molar-refractivity contribution in [2.45, 2.75) is 56.1 Å². The molecule has 3 fully saturated rings. The molecule has 2 amide bonds. The van der Waals surface area contributed by atoms with Crippen molar-refractivity contribution in [3.8, 4) is 0 Å². The molecule has 6 nitrogen and oxygen atoms in total. The van der Waals surface area contributed by atoms with Crippen LogP contribution in [0, 0.1) is 17.7 Å². The summed E-state index contributed by atoms with van der Waals surface area (Å²) in [4.78, 5) is 41.7. The summed E-state index contributed by atoms with van der Waals surface area (Å²) in [5.41, 5.74) is -0.266. The smallest absolute Gasteiger partial charge is 0.325 e. The molecule has 1 saturated carbocycles. The average Bonchev–Trinajstić information content (AvgIpc) is 3.30. The van der Waals surface area contributed by atoms with Gasteiger partial charge < -0.3 is 5.11 Å². The first-order valence-electron chi connectivity index (χ1n) is 11.6. The van der Waals surface area contributed by atoms with E-state index in [-0.39, 0.29) is 18.4 Å². The highest BCUT2D eigenvalue weighted by Crippen LogP contribution is 2.51. The van der Waals surface area contributed by atoms with Gasteiger partial charge in [-0.05, 0) is 36.1 Å². The van der Waals surface area contributed by atoms with Gasteiger partial charge in [0.1, 0.15) is 11.4 Å². The molecule has 0 bridgehead atoms. The van der Waals surface area contributed by atoms with Gasteiger partial charge in [-0.2, -0.15) is 0 Å². The molecule has 2 aliphatic heterocycles. The highest BCUT2D eigenvalue weighted by Gasteiger charge is 2.69. The predicted octanol–water partition coefficient (Wildman–Crippen LogP) is 3.47. The minimum absolute atomic E-state index is 0.0690. The zero-order valence-electron chi connectivity index (χ0n) is 18.2. The van der Waals surface area contributed by atoms with E-state index in [1.807, 2.05) is 30.3 Å². The SMILES string of the molecule is O=C1C2C(c3ccc(F)cc3)NC(Cc3ccccc3)(C(=O)O)C2C(=O)N1C1CCCCC1. The van der Waals surface area contributed by atoms with Gasteiger partial charge in [-0.1, -0.05) is 61.7 Å². The molecule has 2 heterocycles. The Hall–Kier alpha value is -3.06. The van der Waals surface area contributed by atoms with Crippen molar-refractivity contribution < 1.29 is 23.9 Å². The Morgan fingerprint density at radius 3 is 2.30 bits per heavy atom. The summed E-state index contributed by atoms with van der Waals surface area (Å²) in [6.07, 6.45) is 4.55. The lowest BCUT2D eigenvalue weighted by Gasteiger charge is -2.34. The van der Waals surface area contributed by atoms with Crippen LogP contribution in [0.25, 0.3) is 0 Å². The number of aliphatic carboxylic acids is 1. The molecule has 2 aromatic carbocycles. The van der Waals surface area contributed by atoms with Crippen molar-refractivity contribution in [3.63, 3.8) is 0 Å². The molecule has 0 radical (unpaired) electrons. The van der Waals surface area contributed by atoms with E-state index in [1.165, 1.54) is 17.0 Å². The molecule has 4 atom stereocenters. The summed E-state index contributed by atoms with van der Waals surface area (Å²) in [5.74, 6) is -4.15. The maximum atomic E-state index is 13.8. The number of carbonyl (C=O) groups is 3. The second-order valence-corrected chi connectivity index (χ2v) is 9.45. The molecule has 2 saturated heterocycles. The van der Waals surface area contributed by atoms with Gasteiger partial charge in [0.2, 0.25) is 11.8 Å². The third kappa shape index (κ3) is 3.55. The Morgan fingerprint density at radius 2 is 1.67 bits per heavy atom. The van der Waals surface area contributed by atoms with Gasteiger partial charge in [0.25, 0.3) is 0 Å². The molecular formula is C26H27FN2O4. The molecule has 3 aliphatic rings. The third-order valence-corrected chi connectivity index (χ3v) is 7.56. The van der Waals surface area contributed by atoms with Gasteiger partial charge in [0, 0.05) is 18.5 Å². The topological polar surface area (TPSA) is 86.7 Å². The van der Waals surface area contributed by atoms with Crippen LogP contribution in [0.15, 0.2) is 54.6 Å². The summed E-state index contributed by atoms with van der Waals surface area (Å²) >= 11 is 0. The molecule has 2 N–H and O–H groups in total. The number of halogens is 1. The summed E-state index contributed by atoms with van der Waals surface area (Å²) < 4.78 is 13.6. The maximum absolute atomic E-state index is 13.8. The molecule has 5 rings (SSSR count). The van der Waals surface area contributed by atoms with E-state index < -0.39 is 41.1 Å². The van der Waals surface area contributed by atoms with Crippen molar-refractivity contribution in [2.75, 3.05) is 0 Å². The number of nitrogens with zero attached hydrogens (tertiary/aromatic N) is 1. The lowest BCUT2D eigenvalue weighted by Crippen LogP contribution is -2.58. The molecule has 33 heavy (non-hydrogen) atoms. The van der Waals surface area contributed by atoms with Crippen molar-refractivity contribution >= 4 is 17.8 Å². The standard InChI is InChI=1S/C26H27FN2O4/c27-18-13-11-17(12-14-18)22-20-21(24(31)29(23(20)30)19-9-5-2-6-10-19)26(28-22,25(32)33)15-16-7-3-1-4-8-16/h1,3-4,7-8,11-14,19-22,28H,2,5-6,9-10,15H2,(H,32,33). The first-order valence-corrected chi connectivity index (χ1v) is 11.6. The van der Waals surface area contributed by atoms with E-state index >= 15 is 0 Å². The molecular weight excluding hydrogens is 423 g/mol. The predicted molar refractivity (Wildman–Crippen MR) is 118 cm³/mol. The van der Waals surface area contributed by atoms with Crippen LogP contribution in [0.5, 0.6) is 0 Å². The second-order valence-electron chi connectivity index (χ2n) is 9.45. The normalized spacial score (nSPS) is 30.0. The first-order chi connectivity index (χ1) is 15.9. The highest BCUT2D eigenvalue weighted by molar-refractivity contribution is 6.09. The Balaban J connectivity index is 1.61. The Morgan fingerprint density at radius 1 is 1.00 bits per heavy atom. The summed E-state index contributed by atoms with van der Waals surface area (Å²) in [6.45, 7) is 0. The largest absolute Gasteiger partial charge is 0.480 e. The fraction of sp³-hybridized carbons (Fsp3) is 0.423. The van der Waals surface area contributed by atoms with Crippen LogP contribution >= 0.6 is 0 Å². The van der Waals surface area contributed by atoms with Crippen LogP contribution in [0.1, 0.15) is 49.3 Å². The highest BCUT2D eigenvalue weighted by atomic mass is 19.1. The van der Waals surface area contributed by atoms with Crippen LogP contribution in [0.4, 0.5) is 4.39 Å². The number of rotatable bonds is 5. The van der Waals surface area contributed by atoms with Crippen molar-refractivity contribution in [1.82, 2.24) is 10.2 Å². The zero-order valence-corrected chi connectivity index (χ0v) is 18.2. The van der Waals surface area contributed by atoms with E-state index in [0.717, 1.165) is 37.7 Å². The van der Waals surface area contributed by atoms with Crippen LogP contribution in [0.3, 0.4) is 0 Å². The molecule has 7 heteroatoms. The minimum Gasteiger partial charge on any atom is -0.480 e. The van der Waals surface area contributed by atoms with Gasteiger partial charge in [-0.3, -0.25) is 24.6 Å². The number of hydrogen-bond acceptors (Lipinski definition) is 4. The van der Waals surface area contributed by atoms with Gasteiger partial charge >= 0.3 is 5.97 Å². The molecule has 172 valence electrons. The van der Waals surface area contributed by atoms with Crippen LogP contribution in [-0.2, 0) is 20.8 Å². The number of carboxylic acid groups (broad SMARTS) is 1. The maximum Gasteiger partial charge on any atom is 0.325 e. The van der Waals surface area contributed by atoms with E-state index in [9.17, 15) is 23.9 Å². The van der Waals surface area contributed by atoms with E-state index in [2.05, 4.69) is 5.32 Å². The van der Waals surface area contributed by atoms with Crippen molar-refractivity contribution in [3.05, 3.63) is 71.5 Å². The molecule has 1 aliphatic carbocycles. The number of benzene rings is 2. The van der Waals surface area contributed by atoms with Crippen LogP contribution in [0.2, 0.25) is 0 Å². The second kappa shape index (κ2) is 8.37. The van der Waals surface area contributed by atoms with Crippen molar-refractivity contribution in [2.24, 2.45) is 11.8 Å². The molecule has 2 aromatic rings. The monoisotopic (exact) mass is 450 g/mol. The van der Waals surface area contributed by atoms with Gasteiger partial charge in [-0.15, -0.1) is 0 Å². The van der Waals surface area contributed by atoms with E-state index in [1.54, 1.807) is 12.1 Å². The number of nitrogens with one attached hydrogen (secondary N) is 1.